The average molecular weight is 694 g/mol. The fourth-order valence-corrected chi connectivity index (χ4v) is 7.54. The van der Waals surface area contributed by atoms with Crippen LogP contribution in [-0.4, -0.2) is 0 Å². The van der Waals surface area contributed by atoms with Crippen LogP contribution < -0.4 is 4.90 Å². The molecule has 0 atom stereocenters. The van der Waals surface area contributed by atoms with Crippen molar-refractivity contribution in [2.24, 2.45) is 0 Å². The summed E-state index contributed by atoms with van der Waals surface area (Å²) in [5, 5.41) is 4.08. The summed E-state index contributed by atoms with van der Waals surface area (Å²) >= 11 is 0. The number of hydrogen-bond acceptors (Lipinski definition) is 2. The van der Waals surface area contributed by atoms with Gasteiger partial charge in [-0.3, -0.25) is 0 Å². The summed E-state index contributed by atoms with van der Waals surface area (Å²) < 4.78 is 44.9. The maximum absolute atomic E-state index is 9.67. The van der Waals surface area contributed by atoms with Crippen molar-refractivity contribution in [2.45, 2.75) is 0 Å². The summed E-state index contributed by atoms with van der Waals surface area (Å²) in [6, 6.07) is 61.8. The van der Waals surface area contributed by atoms with E-state index in [0.717, 1.165) is 66.1 Å². The summed E-state index contributed by atoms with van der Waals surface area (Å²) in [5.74, 6) is 0. The molecule has 0 aliphatic heterocycles. The smallest absolute Gasteiger partial charge is 0.143 e. The van der Waals surface area contributed by atoms with Crippen molar-refractivity contribution in [3.63, 3.8) is 0 Å². The Labute approximate surface area is 320 Å². The van der Waals surface area contributed by atoms with E-state index in [4.69, 9.17) is 4.42 Å². The van der Waals surface area contributed by atoms with Crippen LogP contribution in [0.3, 0.4) is 0 Å². The number of furan rings is 1. The van der Waals surface area contributed by atoms with Crippen molar-refractivity contribution in [2.75, 3.05) is 4.90 Å². The highest BCUT2D eigenvalue weighted by Crippen LogP contribution is 2.46. The van der Waals surface area contributed by atoms with Crippen LogP contribution in [0.25, 0.3) is 77.2 Å². The van der Waals surface area contributed by atoms with Gasteiger partial charge in [0.25, 0.3) is 0 Å². The van der Waals surface area contributed by atoms with Crippen LogP contribution in [-0.2, 0) is 0 Å². The van der Waals surface area contributed by atoms with Crippen LogP contribution in [0, 0.1) is 0 Å². The molecule has 1 aromatic heterocycles. The zero-order valence-electron chi connectivity index (χ0n) is 33.3. The standard InChI is InChI=1S/C52H35NO/c1-3-13-36(14-4-1)38-25-30-43(31-26-38)53(44-32-27-39(28-33-44)42-19-11-18-41(35-42)37-15-5-2-6-16-37)49-23-10-9-21-46(49)47-22-12-24-50-51(47)48-34-29-40-17-7-8-20-45(40)52(48)54-50/h1-35H/i27D,28D,32D,33D. The highest BCUT2D eigenvalue weighted by molar-refractivity contribution is 6.19. The van der Waals surface area contributed by atoms with Crippen LogP contribution >= 0.6 is 0 Å². The largest absolute Gasteiger partial charge is 0.455 e. The molecule has 0 fully saturated rings. The predicted molar refractivity (Wildman–Crippen MR) is 228 cm³/mol. The third-order valence-corrected chi connectivity index (χ3v) is 10.1. The van der Waals surface area contributed by atoms with E-state index in [1.807, 2.05) is 144 Å². The third-order valence-electron chi connectivity index (χ3n) is 10.1. The predicted octanol–water partition coefficient (Wildman–Crippen LogP) is 14.9. The molecule has 0 spiro atoms. The van der Waals surface area contributed by atoms with Crippen LogP contribution in [0.1, 0.15) is 5.48 Å². The van der Waals surface area contributed by atoms with Gasteiger partial charge in [-0.15, -0.1) is 0 Å². The molecule has 1 heterocycles. The number of para-hydroxylation sites is 1. The lowest BCUT2D eigenvalue weighted by molar-refractivity contribution is 0.673. The molecule has 9 aromatic carbocycles. The number of anilines is 3. The van der Waals surface area contributed by atoms with Gasteiger partial charge in [-0.25, -0.2) is 0 Å². The molecule has 0 amide bonds. The molecule has 0 saturated carbocycles. The Balaban J connectivity index is 1.20. The van der Waals surface area contributed by atoms with Crippen molar-refractivity contribution >= 4 is 49.8 Å². The summed E-state index contributed by atoms with van der Waals surface area (Å²) in [4.78, 5) is 1.88. The van der Waals surface area contributed by atoms with Gasteiger partial charge in [-0.05, 0) is 92.8 Å². The number of rotatable bonds is 7. The van der Waals surface area contributed by atoms with E-state index in [1.54, 1.807) is 0 Å². The van der Waals surface area contributed by atoms with E-state index in [9.17, 15) is 5.48 Å². The van der Waals surface area contributed by atoms with Gasteiger partial charge >= 0.3 is 0 Å². The maximum Gasteiger partial charge on any atom is 0.143 e. The van der Waals surface area contributed by atoms with Gasteiger partial charge in [0.1, 0.15) is 11.2 Å². The molecule has 0 bridgehead atoms. The minimum atomic E-state index is -0.138. The minimum Gasteiger partial charge on any atom is -0.455 e. The van der Waals surface area contributed by atoms with E-state index in [2.05, 4.69) is 48.5 Å². The van der Waals surface area contributed by atoms with Gasteiger partial charge in [0.15, 0.2) is 0 Å². The zero-order chi connectivity index (χ0) is 39.3. The summed E-state index contributed by atoms with van der Waals surface area (Å²) in [6.07, 6.45) is 0. The Kier molecular flexibility index (Phi) is 6.84. The minimum absolute atomic E-state index is 0.112. The van der Waals surface area contributed by atoms with Crippen molar-refractivity contribution in [1.82, 2.24) is 0 Å². The third kappa shape index (κ3) is 5.62. The van der Waals surface area contributed by atoms with Gasteiger partial charge in [0, 0.05) is 33.1 Å². The number of hydrogen-bond donors (Lipinski definition) is 0. The second-order valence-corrected chi connectivity index (χ2v) is 13.4. The molecule has 2 nitrogen and oxygen atoms in total. The highest BCUT2D eigenvalue weighted by Gasteiger charge is 2.21. The van der Waals surface area contributed by atoms with E-state index in [1.165, 1.54) is 0 Å². The second kappa shape index (κ2) is 13.4. The first-order chi connectivity index (χ1) is 28.5. The lowest BCUT2D eigenvalue weighted by Crippen LogP contribution is -2.11. The molecule has 0 saturated heterocycles. The molecule has 0 radical (unpaired) electrons. The van der Waals surface area contributed by atoms with Crippen LogP contribution in [0.5, 0.6) is 0 Å². The number of fused-ring (bicyclic) bond motifs is 5. The topological polar surface area (TPSA) is 16.4 Å². The zero-order valence-corrected chi connectivity index (χ0v) is 29.3. The SMILES string of the molecule is [2H]c1c([2H])c(N(c2ccc(-c3ccccc3)cc2)c2ccccc2-c2cccc3oc4c5ccccc5ccc4c23)c([2H])c([2H])c1-c1cccc(-c2ccccc2)c1. The Morgan fingerprint density at radius 2 is 0.981 bits per heavy atom. The van der Waals surface area contributed by atoms with Crippen molar-refractivity contribution in [3.05, 3.63) is 212 Å². The highest BCUT2D eigenvalue weighted by atomic mass is 16.3. The average Bonchev–Trinajstić information content (AvgIpc) is 3.68. The Morgan fingerprint density at radius 3 is 1.76 bits per heavy atom. The van der Waals surface area contributed by atoms with Gasteiger partial charge in [-0.2, -0.15) is 0 Å². The number of benzene rings is 9. The molecular formula is C52H35NO. The van der Waals surface area contributed by atoms with Crippen LogP contribution in [0.2, 0.25) is 0 Å². The number of nitrogens with zero attached hydrogens (tertiary/aromatic N) is 1. The van der Waals surface area contributed by atoms with E-state index in [-0.39, 0.29) is 35.4 Å². The van der Waals surface area contributed by atoms with Crippen molar-refractivity contribution in [3.8, 4) is 44.5 Å². The molecular weight excluding hydrogens is 655 g/mol. The van der Waals surface area contributed by atoms with Crippen molar-refractivity contribution < 1.29 is 9.90 Å². The molecule has 0 aliphatic rings. The Morgan fingerprint density at radius 1 is 0.389 bits per heavy atom. The first kappa shape index (κ1) is 27.5. The molecule has 2 heteroatoms. The van der Waals surface area contributed by atoms with E-state index < -0.39 is 0 Å². The quantitative estimate of drug-likeness (QED) is 0.165. The molecule has 10 aromatic rings. The van der Waals surface area contributed by atoms with Gasteiger partial charge in [0.05, 0.1) is 11.2 Å². The van der Waals surface area contributed by atoms with Crippen LogP contribution in [0.15, 0.2) is 217 Å². The lowest BCUT2D eigenvalue weighted by atomic mass is 9.95. The molecule has 0 aliphatic carbocycles. The fraction of sp³-hybridized carbons (Fsp3) is 0. The van der Waals surface area contributed by atoms with Crippen LogP contribution in [0.4, 0.5) is 17.1 Å². The Hall–Kier alpha value is -7.16. The summed E-state index contributed by atoms with van der Waals surface area (Å²) in [7, 11) is 0. The fourth-order valence-electron chi connectivity index (χ4n) is 7.54. The lowest BCUT2D eigenvalue weighted by Gasteiger charge is -2.28. The molecule has 0 N–H and O–H groups in total. The maximum atomic E-state index is 9.67. The van der Waals surface area contributed by atoms with Gasteiger partial charge in [-0.1, -0.05) is 164 Å². The summed E-state index contributed by atoms with van der Waals surface area (Å²) in [6.45, 7) is 0. The monoisotopic (exact) mass is 693 g/mol. The second-order valence-electron chi connectivity index (χ2n) is 13.4. The molecule has 54 heavy (non-hydrogen) atoms. The first-order valence-electron chi connectivity index (χ1n) is 20.1. The molecule has 0 unspecified atom stereocenters. The summed E-state index contributed by atoms with van der Waals surface area (Å²) in [5.41, 5.74) is 9.82. The first-order valence-corrected chi connectivity index (χ1v) is 18.1. The van der Waals surface area contributed by atoms with E-state index in [0.29, 0.717) is 16.9 Å². The van der Waals surface area contributed by atoms with E-state index >= 15 is 0 Å². The van der Waals surface area contributed by atoms with Gasteiger partial charge < -0.3 is 9.32 Å². The Bertz CT molecular complexity index is 3130. The van der Waals surface area contributed by atoms with Crippen molar-refractivity contribution in [1.29, 1.82) is 0 Å². The molecule has 10 rings (SSSR count). The molecule has 254 valence electrons. The normalized spacial score (nSPS) is 12.4. The van der Waals surface area contributed by atoms with Gasteiger partial charge in [0.2, 0.25) is 0 Å².